The van der Waals surface area contributed by atoms with Crippen LogP contribution in [0.3, 0.4) is 0 Å². The third kappa shape index (κ3) is 1.99. The van der Waals surface area contributed by atoms with Gasteiger partial charge in [-0.05, 0) is 0 Å². The summed E-state index contributed by atoms with van der Waals surface area (Å²) in [5.41, 5.74) is 4.48. The molecule has 1 amide bonds. The van der Waals surface area contributed by atoms with Gasteiger partial charge in [0.2, 0.25) is 5.17 Å². The summed E-state index contributed by atoms with van der Waals surface area (Å²) < 4.78 is 0. The largest absolute Gasteiger partial charge is 0.409 e. The van der Waals surface area contributed by atoms with E-state index < -0.39 is 11.1 Å². The Morgan fingerprint density at radius 1 is 1.86 bits per heavy atom. The summed E-state index contributed by atoms with van der Waals surface area (Å²) in [5.74, 6) is -0.941. The molecular weight excluding hydrogens is 119 g/mol. The first-order chi connectivity index (χ1) is 3.18. The summed E-state index contributed by atoms with van der Waals surface area (Å²) in [6.07, 6.45) is 0. The van der Waals surface area contributed by atoms with Crippen LogP contribution in [-0.4, -0.2) is 16.3 Å². The van der Waals surface area contributed by atoms with E-state index in [2.05, 4.69) is 10.9 Å². The Morgan fingerprint density at radius 3 is 2.29 bits per heavy atom. The zero-order valence-electron chi connectivity index (χ0n) is 3.26. The summed E-state index contributed by atoms with van der Waals surface area (Å²) in [6, 6.07) is 0. The highest BCUT2D eigenvalue weighted by atomic mass is 35.5. The molecule has 40 valence electrons. The SMILES string of the molecule is NC(=O)/C(Cl)=N/O. The molecule has 0 spiro atoms. The number of carbonyl (C=O) groups is 1. The summed E-state index contributed by atoms with van der Waals surface area (Å²) in [6.45, 7) is 0. The Kier molecular flexibility index (Phi) is 2.15. The first-order valence-electron chi connectivity index (χ1n) is 1.36. The molecule has 0 fully saturated rings. The number of nitrogens with two attached hydrogens (primary N) is 1. The Labute approximate surface area is 44.6 Å². The van der Waals surface area contributed by atoms with E-state index in [1.165, 1.54) is 0 Å². The number of amides is 1. The number of nitrogens with zero attached hydrogens (tertiary/aromatic N) is 1. The van der Waals surface area contributed by atoms with E-state index in [-0.39, 0.29) is 0 Å². The minimum Gasteiger partial charge on any atom is -0.409 e. The molecule has 0 atom stereocenters. The van der Waals surface area contributed by atoms with Crippen molar-refractivity contribution in [2.24, 2.45) is 10.9 Å². The van der Waals surface area contributed by atoms with E-state index in [0.717, 1.165) is 0 Å². The second-order valence-corrected chi connectivity index (χ2v) is 1.11. The summed E-state index contributed by atoms with van der Waals surface area (Å²) in [4.78, 5) is 9.73. The Balaban J connectivity index is 3.82. The van der Waals surface area contributed by atoms with Crippen molar-refractivity contribution in [2.75, 3.05) is 0 Å². The van der Waals surface area contributed by atoms with Gasteiger partial charge in [-0.3, -0.25) is 4.79 Å². The lowest BCUT2D eigenvalue weighted by Gasteiger charge is -1.79. The highest BCUT2D eigenvalue weighted by Crippen LogP contribution is 1.78. The smallest absolute Gasteiger partial charge is 0.282 e. The van der Waals surface area contributed by atoms with Crippen LogP contribution < -0.4 is 5.73 Å². The molecule has 0 saturated heterocycles. The van der Waals surface area contributed by atoms with Crippen LogP contribution in [0.4, 0.5) is 0 Å². The maximum Gasteiger partial charge on any atom is 0.282 e. The number of carbonyl (C=O) groups excluding carboxylic acids is 1. The van der Waals surface area contributed by atoms with Crippen LogP contribution in [-0.2, 0) is 4.79 Å². The molecule has 0 aliphatic heterocycles. The molecule has 5 heteroatoms. The maximum absolute atomic E-state index is 9.73. The van der Waals surface area contributed by atoms with Crippen molar-refractivity contribution in [3.05, 3.63) is 0 Å². The van der Waals surface area contributed by atoms with Gasteiger partial charge < -0.3 is 10.9 Å². The van der Waals surface area contributed by atoms with Gasteiger partial charge in [-0.1, -0.05) is 16.8 Å². The highest BCUT2D eigenvalue weighted by molar-refractivity contribution is 6.82. The first-order valence-corrected chi connectivity index (χ1v) is 1.73. The van der Waals surface area contributed by atoms with Gasteiger partial charge >= 0.3 is 0 Å². The predicted octanol–water partition coefficient (Wildman–Crippen LogP) is -0.502. The summed E-state index contributed by atoms with van der Waals surface area (Å²) in [5, 5.41) is 9.34. The zero-order chi connectivity index (χ0) is 5.86. The van der Waals surface area contributed by atoms with Crippen LogP contribution in [0.2, 0.25) is 0 Å². The molecule has 0 aromatic carbocycles. The number of oxime groups is 1. The highest BCUT2D eigenvalue weighted by Gasteiger charge is 1.98. The van der Waals surface area contributed by atoms with Crippen LogP contribution in [0.1, 0.15) is 0 Å². The van der Waals surface area contributed by atoms with Crippen molar-refractivity contribution in [3.63, 3.8) is 0 Å². The molecule has 7 heavy (non-hydrogen) atoms. The summed E-state index contributed by atoms with van der Waals surface area (Å²) >= 11 is 4.83. The molecule has 0 bridgehead atoms. The molecule has 3 N–H and O–H groups in total. The quantitative estimate of drug-likeness (QED) is 0.279. The fraction of sp³-hybridized carbons (Fsp3) is 0. The Bertz CT molecular complexity index is 110. The van der Waals surface area contributed by atoms with E-state index in [9.17, 15) is 4.79 Å². The number of rotatable bonds is 1. The van der Waals surface area contributed by atoms with Gasteiger partial charge in [0.1, 0.15) is 0 Å². The van der Waals surface area contributed by atoms with Gasteiger partial charge in [0.05, 0.1) is 0 Å². The minimum atomic E-state index is -0.941. The van der Waals surface area contributed by atoms with Crippen molar-refractivity contribution < 1.29 is 10.0 Å². The lowest BCUT2D eigenvalue weighted by Crippen LogP contribution is -2.17. The monoisotopic (exact) mass is 122 g/mol. The van der Waals surface area contributed by atoms with Gasteiger partial charge in [-0.2, -0.15) is 0 Å². The average molecular weight is 123 g/mol. The van der Waals surface area contributed by atoms with E-state index in [1.807, 2.05) is 0 Å². The number of hydrogen-bond acceptors (Lipinski definition) is 3. The molecule has 0 radical (unpaired) electrons. The second kappa shape index (κ2) is 2.41. The molecule has 0 aliphatic rings. The summed E-state index contributed by atoms with van der Waals surface area (Å²) in [7, 11) is 0. The van der Waals surface area contributed by atoms with Crippen molar-refractivity contribution in [2.45, 2.75) is 0 Å². The number of primary amides is 1. The van der Waals surface area contributed by atoms with Gasteiger partial charge in [-0.25, -0.2) is 0 Å². The fourth-order valence-corrected chi connectivity index (χ4v) is 0.0493. The molecule has 0 aliphatic carbocycles. The molecule has 0 aromatic heterocycles. The van der Waals surface area contributed by atoms with Gasteiger partial charge in [0, 0.05) is 0 Å². The lowest BCUT2D eigenvalue weighted by atomic mass is 10.7. The fourth-order valence-electron chi connectivity index (χ4n) is 0.0493. The maximum atomic E-state index is 9.73. The molecular formula is C2H3ClN2O2. The van der Waals surface area contributed by atoms with E-state index in [1.54, 1.807) is 0 Å². The van der Waals surface area contributed by atoms with Gasteiger partial charge in [0.25, 0.3) is 5.91 Å². The standard InChI is InChI=1S/C2H3ClN2O2/c3-1(5-7)2(4)6/h7H,(H2,4,6)/b5-1-. The van der Waals surface area contributed by atoms with Crippen LogP contribution in [0.15, 0.2) is 5.16 Å². The molecule has 0 aromatic rings. The third-order valence-electron chi connectivity index (χ3n) is 0.291. The lowest BCUT2D eigenvalue weighted by molar-refractivity contribution is -0.111. The number of hydrogen-bond donors (Lipinski definition) is 2. The zero-order valence-corrected chi connectivity index (χ0v) is 4.01. The molecule has 0 unspecified atom stereocenters. The number of halogens is 1. The predicted molar refractivity (Wildman–Crippen MR) is 24.3 cm³/mol. The van der Waals surface area contributed by atoms with E-state index in [0.29, 0.717) is 0 Å². The van der Waals surface area contributed by atoms with Crippen molar-refractivity contribution in [1.29, 1.82) is 0 Å². The van der Waals surface area contributed by atoms with Crippen molar-refractivity contribution in [3.8, 4) is 0 Å². The minimum absolute atomic E-state index is 0.611. The van der Waals surface area contributed by atoms with Crippen LogP contribution in [0, 0.1) is 0 Å². The van der Waals surface area contributed by atoms with Crippen LogP contribution in [0.25, 0.3) is 0 Å². The molecule has 0 rings (SSSR count). The van der Waals surface area contributed by atoms with E-state index >= 15 is 0 Å². The van der Waals surface area contributed by atoms with E-state index in [4.69, 9.17) is 16.8 Å². The van der Waals surface area contributed by atoms with Gasteiger partial charge in [0.15, 0.2) is 0 Å². The molecule has 0 saturated carbocycles. The van der Waals surface area contributed by atoms with Crippen molar-refractivity contribution in [1.82, 2.24) is 0 Å². The van der Waals surface area contributed by atoms with Crippen molar-refractivity contribution >= 4 is 22.7 Å². The first kappa shape index (κ1) is 6.23. The molecule has 0 heterocycles. The average Bonchev–Trinajstić information content (AvgIpc) is 1.65. The van der Waals surface area contributed by atoms with Crippen LogP contribution in [0.5, 0.6) is 0 Å². The normalized spacial score (nSPS) is 11.3. The Hall–Kier alpha value is -0.770. The van der Waals surface area contributed by atoms with Crippen LogP contribution >= 0.6 is 11.6 Å². The molecule has 4 nitrogen and oxygen atoms in total. The second-order valence-electron chi connectivity index (χ2n) is 0.755. The third-order valence-corrected chi connectivity index (χ3v) is 0.553. The van der Waals surface area contributed by atoms with Gasteiger partial charge in [-0.15, -0.1) is 0 Å². The topological polar surface area (TPSA) is 75.7 Å². The Morgan fingerprint density at radius 2 is 2.29 bits per heavy atom.